The Bertz CT molecular complexity index is 399. The van der Waals surface area contributed by atoms with Crippen LogP contribution in [0.3, 0.4) is 0 Å². The number of ether oxygens (including phenoxy) is 2. The van der Waals surface area contributed by atoms with Gasteiger partial charge in [0.2, 0.25) is 0 Å². The van der Waals surface area contributed by atoms with Crippen LogP contribution in [0.15, 0.2) is 29.2 Å². The summed E-state index contributed by atoms with van der Waals surface area (Å²) in [6, 6.07) is 5.43. The minimum atomic E-state index is -0.356. The van der Waals surface area contributed by atoms with E-state index >= 15 is 0 Å². The molecule has 16 heavy (non-hydrogen) atoms. The third kappa shape index (κ3) is 3.62. The van der Waals surface area contributed by atoms with Crippen LogP contribution in [0.4, 0.5) is 0 Å². The average molecular weight is 238 g/mol. The standard InChI is InChI=1S/C12H14O3S/c1-3-15-12(13)7-5-9-4-6-10(14-2)8-11(9)16/h4-8,16H,3H2,1-2H3. The Morgan fingerprint density at radius 2 is 2.25 bits per heavy atom. The number of rotatable bonds is 4. The van der Waals surface area contributed by atoms with Gasteiger partial charge in [0.1, 0.15) is 5.75 Å². The van der Waals surface area contributed by atoms with Crippen LogP contribution in [0.5, 0.6) is 5.75 Å². The molecule has 0 aliphatic heterocycles. The second-order valence-electron chi connectivity index (χ2n) is 3.01. The highest BCUT2D eigenvalue weighted by Gasteiger charge is 1.99. The number of esters is 1. The largest absolute Gasteiger partial charge is 0.497 e. The van der Waals surface area contributed by atoms with Crippen molar-refractivity contribution >= 4 is 24.7 Å². The highest BCUT2D eigenvalue weighted by atomic mass is 32.1. The first-order valence-corrected chi connectivity index (χ1v) is 5.34. The molecule has 0 spiro atoms. The molecule has 0 aliphatic carbocycles. The molecular formula is C12H14O3S. The molecule has 0 fully saturated rings. The van der Waals surface area contributed by atoms with Crippen LogP contribution in [-0.2, 0) is 9.53 Å². The zero-order valence-electron chi connectivity index (χ0n) is 9.27. The summed E-state index contributed by atoms with van der Waals surface area (Å²) in [7, 11) is 1.59. The summed E-state index contributed by atoms with van der Waals surface area (Å²) in [5.41, 5.74) is 0.845. The molecule has 0 heterocycles. The molecule has 0 bridgehead atoms. The summed E-state index contributed by atoms with van der Waals surface area (Å²) in [4.78, 5) is 11.8. The van der Waals surface area contributed by atoms with Gasteiger partial charge in [-0.25, -0.2) is 4.79 Å². The van der Waals surface area contributed by atoms with Crippen molar-refractivity contribution in [1.82, 2.24) is 0 Å². The van der Waals surface area contributed by atoms with Crippen LogP contribution < -0.4 is 4.74 Å². The van der Waals surface area contributed by atoms with Crippen molar-refractivity contribution < 1.29 is 14.3 Å². The lowest BCUT2D eigenvalue weighted by atomic mass is 10.2. The van der Waals surface area contributed by atoms with Crippen LogP contribution in [0.25, 0.3) is 6.08 Å². The Balaban J connectivity index is 2.78. The van der Waals surface area contributed by atoms with Crippen molar-refractivity contribution in [2.75, 3.05) is 13.7 Å². The lowest BCUT2D eigenvalue weighted by Crippen LogP contribution is -1.98. The van der Waals surface area contributed by atoms with Crippen molar-refractivity contribution in [3.8, 4) is 5.75 Å². The van der Waals surface area contributed by atoms with Crippen molar-refractivity contribution in [2.24, 2.45) is 0 Å². The molecule has 0 aliphatic rings. The number of carbonyl (C=O) groups is 1. The average Bonchev–Trinajstić information content (AvgIpc) is 2.27. The summed E-state index contributed by atoms with van der Waals surface area (Å²) in [6.07, 6.45) is 3.05. The van der Waals surface area contributed by atoms with Gasteiger partial charge >= 0.3 is 5.97 Å². The van der Waals surface area contributed by atoms with Gasteiger partial charge in [-0.3, -0.25) is 0 Å². The smallest absolute Gasteiger partial charge is 0.330 e. The summed E-state index contributed by atoms with van der Waals surface area (Å²) in [5, 5.41) is 0. The fourth-order valence-electron chi connectivity index (χ4n) is 1.14. The van der Waals surface area contributed by atoms with Crippen LogP contribution >= 0.6 is 12.6 Å². The first kappa shape index (κ1) is 12.6. The molecular weight excluding hydrogens is 224 g/mol. The molecule has 0 atom stereocenters. The SMILES string of the molecule is CCOC(=O)C=Cc1ccc(OC)cc1S. The zero-order valence-corrected chi connectivity index (χ0v) is 10.2. The highest BCUT2D eigenvalue weighted by molar-refractivity contribution is 7.80. The molecule has 1 aromatic carbocycles. The summed E-state index contributed by atoms with van der Waals surface area (Å²) in [6.45, 7) is 2.14. The van der Waals surface area contributed by atoms with Gasteiger partial charge in [0.15, 0.2) is 0 Å². The first-order valence-electron chi connectivity index (χ1n) is 4.89. The van der Waals surface area contributed by atoms with Crippen molar-refractivity contribution in [2.45, 2.75) is 11.8 Å². The number of hydrogen-bond donors (Lipinski definition) is 1. The van der Waals surface area contributed by atoms with Gasteiger partial charge in [-0.2, -0.15) is 0 Å². The Morgan fingerprint density at radius 1 is 1.50 bits per heavy atom. The summed E-state index contributed by atoms with van der Waals surface area (Å²) < 4.78 is 9.82. The summed E-state index contributed by atoms with van der Waals surface area (Å²) in [5.74, 6) is 0.379. The van der Waals surface area contributed by atoms with E-state index in [0.29, 0.717) is 6.61 Å². The van der Waals surface area contributed by atoms with Gasteiger partial charge in [0.25, 0.3) is 0 Å². The maximum absolute atomic E-state index is 11.1. The van der Waals surface area contributed by atoms with E-state index in [4.69, 9.17) is 9.47 Å². The monoisotopic (exact) mass is 238 g/mol. The molecule has 0 unspecified atom stereocenters. The first-order chi connectivity index (χ1) is 7.67. The van der Waals surface area contributed by atoms with Gasteiger partial charge in [-0.1, -0.05) is 6.07 Å². The number of hydrogen-bond acceptors (Lipinski definition) is 4. The Hall–Kier alpha value is -1.42. The van der Waals surface area contributed by atoms with Gasteiger partial charge in [-0.05, 0) is 30.7 Å². The molecule has 1 rings (SSSR count). The van der Waals surface area contributed by atoms with Gasteiger partial charge in [0, 0.05) is 11.0 Å². The molecule has 86 valence electrons. The maximum atomic E-state index is 11.1. The van der Waals surface area contributed by atoms with Crippen LogP contribution in [-0.4, -0.2) is 19.7 Å². The quantitative estimate of drug-likeness (QED) is 0.497. The molecule has 0 aromatic heterocycles. The lowest BCUT2D eigenvalue weighted by molar-refractivity contribution is -0.137. The van der Waals surface area contributed by atoms with E-state index in [2.05, 4.69) is 12.6 Å². The minimum Gasteiger partial charge on any atom is -0.497 e. The highest BCUT2D eigenvalue weighted by Crippen LogP contribution is 2.21. The van der Waals surface area contributed by atoms with E-state index in [9.17, 15) is 4.79 Å². The fraction of sp³-hybridized carbons (Fsp3) is 0.250. The number of methoxy groups -OCH3 is 1. The Morgan fingerprint density at radius 3 is 2.81 bits per heavy atom. The van der Waals surface area contributed by atoms with E-state index in [0.717, 1.165) is 16.2 Å². The van der Waals surface area contributed by atoms with Gasteiger partial charge in [0.05, 0.1) is 13.7 Å². The van der Waals surface area contributed by atoms with Crippen LogP contribution in [0, 0.1) is 0 Å². The van der Waals surface area contributed by atoms with Crippen molar-refractivity contribution in [3.63, 3.8) is 0 Å². The lowest BCUT2D eigenvalue weighted by Gasteiger charge is -2.03. The number of thiol groups is 1. The summed E-state index contributed by atoms with van der Waals surface area (Å²) >= 11 is 4.29. The van der Waals surface area contributed by atoms with Crippen molar-refractivity contribution in [1.29, 1.82) is 0 Å². The zero-order chi connectivity index (χ0) is 12.0. The molecule has 0 saturated heterocycles. The number of benzene rings is 1. The van der Waals surface area contributed by atoms with Crippen LogP contribution in [0.2, 0.25) is 0 Å². The third-order valence-corrected chi connectivity index (χ3v) is 2.31. The maximum Gasteiger partial charge on any atom is 0.330 e. The topological polar surface area (TPSA) is 35.5 Å². The van der Waals surface area contributed by atoms with E-state index in [1.807, 2.05) is 12.1 Å². The molecule has 4 heteroatoms. The molecule has 0 N–H and O–H groups in total. The van der Waals surface area contributed by atoms with E-state index < -0.39 is 0 Å². The molecule has 3 nitrogen and oxygen atoms in total. The normalized spacial score (nSPS) is 10.4. The number of carbonyl (C=O) groups excluding carboxylic acids is 1. The minimum absolute atomic E-state index is 0.356. The molecule has 0 radical (unpaired) electrons. The Labute approximate surface area is 100 Å². The van der Waals surface area contributed by atoms with Crippen molar-refractivity contribution in [3.05, 3.63) is 29.8 Å². The van der Waals surface area contributed by atoms with Gasteiger partial charge < -0.3 is 9.47 Å². The second-order valence-corrected chi connectivity index (χ2v) is 3.49. The van der Waals surface area contributed by atoms with Crippen LogP contribution in [0.1, 0.15) is 12.5 Å². The molecule has 1 aromatic rings. The second kappa shape index (κ2) is 6.23. The molecule has 0 amide bonds. The van der Waals surface area contributed by atoms with E-state index in [-0.39, 0.29) is 5.97 Å². The van der Waals surface area contributed by atoms with E-state index in [1.54, 1.807) is 26.2 Å². The van der Waals surface area contributed by atoms with E-state index in [1.165, 1.54) is 6.08 Å². The van der Waals surface area contributed by atoms with Gasteiger partial charge in [-0.15, -0.1) is 12.6 Å². The molecule has 0 saturated carbocycles. The third-order valence-electron chi connectivity index (χ3n) is 1.92. The fourth-order valence-corrected chi connectivity index (χ4v) is 1.42. The predicted octanol–water partition coefficient (Wildman–Crippen LogP) is 2.56. The predicted molar refractivity (Wildman–Crippen MR) is 65.9 cm³/mol. The Kier molecular flexibility index (Phi) is 4.92.